The Balaban J connectivity index is 1.98. The first kappa shape index (κ1) is 11.9. The molecule has 1 fully saturated rings. The Morgan fingerprint density at radius 2 is 1.84 bits per heavy atom. The Hall–Kier alpha value is -2.21. The van der Waals surface area contributed by atoms with Gasteiger partial charge in [0.05, 0.1) is 13.2 Å². The normalized spacial score (nSPS) is 15.5. The van der Waals surface area contributed by atoms with Crippen LogP contribution >= 0.6 is 0 Å². The molecule has 2 aromatic rings. The zero-order chi connectivity index (χ0) is 13.1. The van der Waals surface area contributed by atoms with Crippen molar-refractivity contribution in [1.29, 1.82) is 0 Å². The molecule has 0 bridgehead atoms. The van der Waals surface area contributed by atoms with Gasteiger partial charge in [-0.15, -0.1) is 0 Å². The molecule has 0 atom stereocenters. The van der Waals surface area contributed by atoms with Crippen molar-refractivity contribution in [2.75, 3.05) is 31.2 Å². The molecule has 0 aliphatic carbocycles. The van der Waals surface area contributed by atoms with Crippen LogP contribution in [0, 0.1) is 0 Å². The van der Waals surface area contributed by atoms with Gasteiger partial charge in [-0.25, -0.2) is 4.79 Å². The van der Waals surface area contributed by atoms with Gasteiger partial charge in [-0.3, -0.25) is 4.98 Å². The molecular weight excluding hydrogens is 244 g/mol. The maximum absolute atomic E-state index is 11.7. The van der Waals surface area contributed by atoms with Gasteiger partial charge in [0.25, 0.3) is 0 Å². The zero-order valence-corrected chi connectivity index (χ0v) is 10.4. The second-order valence-electron chi connectivity index (χ2n) is 4.27. The first-order valence-electron chi connectivity index (χ1n) is 6.19. The number of H-pyrrole nitrogens is 1. The fourth-order valence-corrected chi connectivity index (χ4v) is 2.01. The molecule has 1 saturated heterocycles. The lowest BCUT2D eigenvalue weighted by Gasteiger charge is -2.26. The fourth-order valence-electron chi connectivity index (χ4n) is 2.01. The second kappa shape index (κ2) is 5.19. The Kier molecular flexibility index (Phi) is 3.24. The summed E-state index contributed by atoms with van der Waals surface area (Å²) in [4.78, 5) is 24.7. The predicted molar refractivity (Wildman–Crippen MR) is 71.1 cm³/mol. The van der Waals surface area contributed by atoms with E-state index >= 15 is 0 Å². The van der Waals surface area contributed by atoms with Crippen molar-refractivity contribution in [3.63, 3.8) is 0 Å². The minimum absolute atomic E-state index is 0.379. The molecular formula is C13H14N4O2. The van der Waals surface area contributed by atoms with E-state index in [0.29, 0.717) is 38.1 Å². The average molecular weight is 258 g/mol. The molecule has 1 aliphatic heterocycles. The van der Waals surface area contributed by atoms with Crippen molar-refractivity contribution in [3.05, 3.63) is 40.8 Å². The molecule has 19 heavy (non-hydrogen) atoms. The molecule has 1 aliphatic rings. The third-order valence-corrected chi connectivity index (χ3v) is 2.98. The highest BCUT2D eigenvalue weighted by molar-refractivity contribution is 5.55. The lowest BCUT2D eigenvalue weighted by Crippen LogP contribution is -2.38. The summed E-state index contributed by atoms with van der Waals surface area (Å²) in [5.74, 6) is 1.01. The van der Waals surface area contributed by atoms with Crippen molar-refractivity contribution in [2.45, 2.75) is 0 Å². The Morgan fingerprint density at radius 1 is 1.11 bits per heavy atom. The minimum atomic E-state index is -0.379. The summed E-state index contributed by atoms with van der Waals surface area (Å²) in [6.07, 6.45) is 0. The van der Waals surface area contributed by atoms with Crippen molar-refractivity contribution in [2.24, 2.45) is 0 Å². The zero-order valence-electron chi connectivity index (χ0n) is 10.4. The van der Waals surface area contributed by atoms with Gasteiger partial charge in [0.1, 0.15) is 5.82 Å². The summed E-state index contributed by atoms with van der Waals surface area (Å²) >= 11 is 0. The lowest BCUT2D eigenvalue weighted by molar-refractivity contribution is 0.122. The molecule has 6 heteroatoms. The van der Waals surface area contributed by atoms with Crippen molar-refractivity contribution >= 4 is 5.95 Å². The van der Waals surface area contributed by atoms with Crippen LogP contribution in [0.15, 0.2) is 35.1 Å². The van der Waals surface area contributed by atoms with Crippen LogP contribution in [0.4, 0.5) is 5.95 Å². The molecule has 0 saturated carbocycles. The maximum atomic E-state index is 11.7. The number of morpholine rings is 1. The number of aromatic nitrogens is 3. The third kappa shape index (κ3) is 2.63. The Labute approximate surface area is 110 Å². The fraction of sp³-hybridized carbons (Fsp3) is 0.308. The molecule has 1 aromatic heterocycles. The highest BCUT2D eigenvalue weighted by Crippen LogP contribution is 2.15. The van der Waals surface area contributed by atoms with Crippen LogP contribution < -0.4 is 10.6 Å². The van der Waals surface area contributed by atoms with Gasteiger partial charge in [-0.2, -0.15) is 9.97 Å². The van der Waals surface area contributed by atoms with Crippen LogP contribution in [-0.4, -0.2) is 41.3 Å². The maximum Gasteiger partial charge on any atom is 0.349 e. The quantitative estimate of drug-likeness (QED) is 0.857. The number of aromatic amines is 1. The number of nitrogens with zero attached hydrogens (tertiary/aromatic N) is 3. The molecule has 0 spiro atoms. The number of nitrogens with one attached hydrogen (secondary N) is 1. The largest absolute Gasteiger partial charge is 0.378 e. The van der Waals surface area contributed by atoms with Crippen LogP contribution in [0.2, 0.25) is 0 Å². The van der Waals surface area contributed by atoms with E-state index < -0.39 is 0 Å². The summed E-state index contributed by atoms with van der Waals surface area (Å²) in [6.45, 7) is 2.68. The van der Waals surface area contributed by atoms with E-state index in [-0.39, 0.29) is 5.69 Å². The standard InChI is InChI=1S/C13H14N4O2/c18-13-15-11(10-4-2-1-3-5-10)14-12(16-13)17-6-8-19-9-7-17/h1-5H,6-9H2,(H,14,15,16,18). The molecule has 3 rings (SSSR count). The van der Waals surface area contributed by atoms with E-state index in [0.717, 1.165) is 5.56 Å². The molecule has 0 amide bonds. The van der Waals surface area contributed by atoms with E-state index in [2.05, 4.69) is 15.0 Å². The first-order chi connectivity index (χ1) is 9.33. The van der Waals surface area contributed by atoms with E-state index in [1.165, 1.54) is 0 Å². The van der Waals surface area contributed by atoms with Gasteiger partial charge in [-0.1, -0.05) is 30.3 Å². The van der Waals surface area contributed by atoms with Crippen LogP contribution in [-0.2, 0) is 4.74 Å². The highest BCUT2D eigenvalue weighted by Gasteiger charge is 2.15. The SMILES string of the molecule is O=c1nc(N2CCOCC2)nc(-c2ccccc2)[nH]1. The van der Waals surface area contributed by atoms with Crippen molar-refractivity contribution in [1.82, 2.24) is 15.0 Å². The summed E-state index contributed by atoms with van der Waals surface area (Å²) in [5, 5.41) is 0. The minimum Gasteiger partial charge on any atom is -0.378 e. The van der Waals surface area contributed by atoms with Gasteiger partial charge in [0, 0.05) is 18.7 Å². The van der Waals surface area contributed by atoms with Crippen LogP contribution in [0.25, 0.3) is 11.4 Å². The third-order valence-electron chi connectivity index (χ3n) is 2.98. The van der Waals surface area contributed by atoms with Gasteiger partial charge in [0.15, 0.2) is 0 Å². The molecule has 2 heterocycles. The Bertz CT molecular complexity index is 606. The molecule has 6 nitrogen and oxygen atoms in total. The van der Waals surface area contributed by atoms with Crippen molar-refractivity contribution < 1.29 is 4.74 Å². The van der Waals surface area contributed by atoms with E-state index in [1.54, 1.807) is 0 Å². The Morgan fingerprint density at radius 3 is 2.58 bits per heavy atom. The van der Waals surface area contributed by atoms with Gasteiger partial charge in [0.2, 0.25) is 5.95 Å². The van der Waals surface area contributed by atoms with E-state index in [1.807, 2.05) is 35.2 Å². The van der Waals surface area contributed by atoms with Gasteiger partial charge >= 0.3 is 5.69 Å². The lowest BCUT2D eigenvalue weighted by atomic mass is 10.2. The number of rotatable bonds is 2. The van der Waals surface area contributed by atoms with E-state index in [9.17, 15) is 4.79 Å². The topological polar surface area (TPSA) is 71.1 Å². The smallest absolute Gasteiger partial charge is 0.349 e. The molecule has 1 N–H and O–H groups in total. The summed E-state index contributed by atoms with van der Waals surface area (Å²) in [7, 11) is 0. The van der Waals surface area contributed by atoms with Crippen molar-refractivity contribution in [3.8, 4) is 11.4 Å². The van der Waals surface area contributed by atoms with Gasteiger partial charge < -0.3 is 9.64 Å². The van der Waals surface area contributed by atoms with Gasteiger partial charge in [-0.05, 0) is 0 Å². The monoisotopic (exact) mass is 258 g/mol. The van der Waals surface area contributed by atoms with E-state index in [4.69, 9.17) is 4.74 Å². The number of benzene rings is 1. The summed E-state index contributed by atoms with van der Waals surface area (Å²) < 4.78 is 5.28. The van der Waals surface area contributed by atoms with Crippen LogP contribution in [0.5, 0.6) is 0 Å². The molecule has 1 aromatic carbocycles. The van der Waals surface area contributed by atoms with Crippen LogP contribution in [0.1, 0.15) is 0 Å². The second-order valence-corrected chi connectivity index (χ2v) is 4.27. The first-order valence-corrected chi connectivity index (χ1v) is 6.19. The number of hydrogen-bond donors (Lipinski definition) is 1. The number of anilines is 1. The predicted octanol–water partition coefficient (Wildman–Crippen LogP) is 0.668. The highest BCUT2D eigenvalue weighted by atomic mass is 16.5. The number of hydrogen-bond acceptors (Lipinski definition) is 5. The molecule has 98 valence electrons. The molecule has 0 radical (unpaired) electrons. The van der Waals surface area contributed by atoms with Crippen LogP contribution in [0.3, 0.4) is 0 Å². The number of ether oxygens (including phenoxy) is 1. The summed E-state index contributed by atoms with van der Waals surface area (Å²) in [5.41, 5.74) is 0.492. The average Bonchev–Trinajstić information content (AvgIpc) is 2.48. The summed E-state index contributed by atoms with van der Waals surface area (Å²) in [6, 6.07) is 9.54. The molecule has 0 unspecified atom stereocenters.